The van der Waals surface area contributed by atoms with Crippen LogP contribution in [-0.4, -0.2) is 86.7 Å². The van der Waals surface area contributed by atoms with Crippen LogP contribution >= 0.6 is 11.6 Å². The van der Waals surface area contributed by atoms with E-state index < -0.39 is 43.6 Å². The maximum atomic E-state index is 13.3. The van der Waals surface area contributed by atoms with E-state index in [9.17, 15) is 30.0 Å². The Kier molecular flexibility index (Phi) is 9.07. The van der Waals surface area contributed by atoms with Crippen molar-refractivity contribution in [1.82, 2.24) is 4.57 Å². The number of ether oxygens (including phenoxy) is 2. The summed E-state index contributed by atoms with van der Waals surface area (Å²) in [4.78, 5) is 26.0. The summed E-state index contributed by atoms with van der Waals surface area (Å²) in [7, 11) is 1.49. The molecule has 0 aliphatic heterocycles. The Hall–Kier alpha value is -2.99. The SMILES string of the molecule is COc1ccc2c(c1)c(CC(=O)OC[C@H](O)[C@@H](O)[C@H](O)[C@H](O)CO)c(C)n2C(=O)c1ccc(Cl)cc1. The lowest BCUT2D eigenvalue weighted by Gasteiger charge is -2.25. The van der Waals surface area contributed by atoms with Gasteiger partial charge in [0.15, 0.2) is 0 Å². The molecule has 194 valence electrons. The summed E-state index contributed by atoms with van der Waals surface area (Å²) in [5.74, 6) is -0.570. The van der Waals surface area contributed by atoms with Crippen LogP contribution in [0.2, 0.25) is 5.02 Å². The lowest BCUT2D eigenvalue weighted by molar-refractivity contribution is -0.155. The minimum Gasteiger partial charge on any atom is -0.497 e. The number of methoxy groups -OCH3 is 1. The summed E-state index contributed by atoms with van der Waals surface area (Å²) < 4.78 is 11.9. The highest BCUT2D eigenvalue weighted by Gasteiger charge is 2.31. The van der Waals surface area contributed by atoms with Gasteiger partial charge in [-0.25, -0.2) is 0 Å². The van der Waals surface area contributed by atoms with Crippen molar-refractivity contribution >= 4 is 34.4 Å². The minimum absolute atomic E-state index is 0.263. The predicted octanol–water partition coefficient (Wildman–Crippen LogP) is 0.822. The Morgan fingerprint density at radius 3 is 2.25 bits per heavy atom. The fraction of sp³-hybridized carbons (Fsp3) is 0.360. The van der Waals surface area contributed by atoms with Gasteiger partial charge in [-0.1, -0.05) is 11.6 Å². The minimum atomic E-state index is -1.86. The predicted molar refractivity (Wildman–Crippen MR) is 130 cm³/mol. The first-order valence-electron chi connectivity index (χ1n) is 11.1. The molecule has 0 fully saturated rings. The Bertz CT molecular complexity index is 1220. The van der Waals surface area contributed by atoms with Crippen LogP contribution in [-0.2, 0) is 16.0 Å². The molecule has 0 aliphatic rings. The summed E-state index contributed by atoms with van der Waals surface area (Å²) in [6.07, 6.45) is -7.34. The summed E-state index contributed by atoms with van der Waals surface area (Å²) >= 11 is 5.94. The molecular weight excluding hydrogens is 494 g/mol. The molecule has 2 aromatic carbocycles. The van der Waals surface area contributed by atoms with Crippen LogP contribution in [0.1, 0.15) is 21.6 Å². The number of nitrogens with zero attached hydrogens (tertiary/aromatic N) is 1. The van der Waals surface area contributed by atoms with Crippen LogP contribution in [0.15, 0.2) is 42.5 Å². The first-order valence-corrected chi connectivity index (χ1v) is 11.4. The lowest BCUT2D eigenvalue weighted by Crippen LogP contribution is -2.47. The van der Waals surface area contributed by atoms with E-state index in [4.69, 9.17) is 26.2 Å². The molecule has 0 aliphatic carbocycles. The first kappa shape index (κ1) is 27.6. The van der Waals surface area contributed by atoms with Crippen LogP contribution in [0.3, 0.4) is 0 Å². The van der Waals surface area contributed by atoms with Gasteiger partial charge in [-0.2, -0.15) is 0 Å². The summed E-state index contributed by atoms with van der Waals surface area (Å²) in [5.41, 5.74) is 1.94. The zero-order valence-corrected chi connectivity index (χ0v) is 20.4. The van der Waals surface area contributed by atoms with Gasteiger partial charge in [0.05, 0.1) is 25.7 Å². The molecule has 0 radical (unpaired) electrons. The van der Waals surface area contributed by atoms with Gasteiger partial charge >= 0.3 is 5.97 Å². The Balaban J connectivity index is 1.86. The first-order chi connectivity index (χ1) is 17.1. The van der Waals surface area contributed by atoms with Crippen LogP contribution in [0, 0.1) is 6.92 Å². The topological polar surface area (TPSA) is 159 Å². The van der Waals surface area contributed by atoms with Gasteiger partial charge in [0, 0.05) is 21.7 Å². The van der Waals surface area contributed by atoms with E-state index in [1.165, 1.54) is 11.7 Å². The second kappa shape index (κ2) is 11.8. The fourth-order valence-electron chi connectivity index (χ4n) is 3.83. The maximum absolute atomic E-state index is 13.3. The van der Waals surface area contributed by atoms with Crippen LogP contribution in [0.25, 0.3) is 10.9 Å². The lowest BCUT2D eigenvalue weighted by atomic mass is 10.0. The fourth-order valence-corrected chi connectivity index (χ4v) is 3.96. The zero-order valence-electron chi connectivity index (χ0n) is 19.7. The molecule has 36 heavy (non-hydrogen) atoms. The van der Waals surface area contributed by atoms with Crippen molar-refractivity contribution in [3.05, 3.63) is 64.3 Å². The van der Waals surface area contributed by atoms with Gasteiger partial charge in [-0.3, -0.25) is 14.2 Å². The average Bonchev–Trinajstić information content (AvgIpc) is 3.15. The third-order valence-electron chi connectivity index (χ3n) is 5.90. The number of aliphatic hydroxyl groups excluding tert-OH is 5. The summed E-state index contributed by atoms with van der Waals surface area (Å²) in [6.45, 7) is 0.195. The number of carbonyl (C=O) groups is 2. The highest BCUT2D eigenvalue weighted by molar-refractivity contribution is 6.30. The normalized spacial score (nSPS) is 14.8. The number of halogens is 1. The number of hydrogen-bond acceptors (Lipinski definition) is 9. The summed E-state index contributed by atoms with van der Waals surface area (Å²) in [6, 6.07) is 11.5. The zero-order chi connectivity index (χ0) is 26.6. The number of aliphatic hydroxyl groups is 5. The van der Waals surface area contributed by atoms with Gasteiger partial charge < -0.3 is 35.0 Å². The van der Waals surface area contributed by atoms with E-state index in [0.29, 0.717) is 38.5 Å². The van der Waals surface area contributed by atoms with Gasteiger partial charge in [0.1, 0.15) is 36.8 Å². The van der Waals surface area contributed by atoms with Gasteiger partial charge in [0.25, 0.3) is 5.91 Å². The highest BCUT2D eigenvalue weighted by Crippen LogP contribution is 2.31. The smallest absolute Gasteiger partial charge is 0.310 e. The van der Waals surface area contributed by atoms with Crippen LogP contribution in [0.4, 0.5) is 0 Å². The maximum Gasteiger partial charge on any atom is 0.310 e. The number of hydrogen-bond donors (Lipinski definition) is 5. The third kappa shape index (κ3) is 5.86. The molecule has 0 unspecified atom stereocenters. The molecule has 1 aromatic heterocycles. The Labute approximate surface area is 211 Å². The van der Waals surface area contributed by atoms with Gasteiger partial charge in [-0.15, -0.1) is 0 Å². The molecule has 3 rings (SSSR count). The summed E-state index contributed by atoms with van der Waals surface area (Å²) in [5, 5.41) is 49.0. The molecule has 1 heterocycles. The Morgan fingerprint density at radius 2 is 1.64 bits per heavy atom. The second-order valence-corrected chi connectivity index (χ2v) is 8.69. The number of benzene rings is 2. The Morgan fingerprint density at radius 1 is 1.00 bits per heavy atom. The molecule has 0 saturated carbocycles. The molecule has 0 bridgehead atoms. The molecule has 4 atom stereocenters. The molecular formula is C25H28ClNO9. The largest absolute Gasteiger partial charge is 0.497 e. The van der Waals surface area contributed by atoms with E-state index >= 15 is 0 Å². The monoisotopic (exact) mass is 521 g/mol. The number of fused-ring (bicyclic) bond motifs is 1. The van der Waals surface area contributed by atoms with Crippen molar-refractivity contribution in [2.45, 2.75) is 37.8 Å². The highest BCUT2D eigenvalue weighted by atomic mass is 35.5. The number of carbonyl (C=O) groups excluding carboxylic acids is 2. The van der Waals surface area contributed by atoms with E-state index in [0.717, 1.165) is 0 Å². The van der Waals surface area contributed by atoms with Crippen molar-refractivity contribution < 1.29 is 44.6 Å². The van der Waals surface area contributed by atoms with E-state index in [1.54, 1.807) is 49.4 Å². The van der Waals surface area contributed by atoms with Gasteiger partial charge in [0.2, 0.25) is 0 Å². The second-order valence-electron chi connectivity index (χ2n) is 8.25. The standard InChI is InChI=1S/C25H28ClNO9/c1-13-17(10-22(31)36-12-21(30)24(33)23(32)20(29)11-28)18-9-16(35-2)7-8-19(18)27(13)25(34)14-3-5-15(26)6-4-14/h3-9,20-21,23-24,28-30,32-33H,10-12H2,1-2H3/t20-,21+,23-,24-/m1/s1. The van der Waals surface area contributed by atoms with Gasteiger partial charge in [-0.05, 0) is 55.0 Å². The number of aromatic nitrogens is 1. The molecule has 0 spiro atoms. The van der Waals surface area contributed by atoms with E-state index in [1.807, 2.05) is 0 Å². The molecule has 0 amide bonds. The number of esters is 1. The number of rotatable bonds is 10. The van der Waals surface area contributed by atoms with Crippen molar-refractivity contribution in [1.29, 1.82) is 0 Å². The van der Waals surface area contributed by atoms with E-state index in [2.05, 4.69) is 0 Å². The van der Waals surface area contributed by atoms with Crippen molar-refractivity contribution in [2.24, 2.45) is 0 Å². The van der Waals surface area contributed by atoms with Crippen LogP contribution in [0.5, 0.6) is 5.75 Å². The van der Waals surface area contributed by atoms with Crippen LogP contribution < -0.4 is 4.74 Å². The van der Waals surface area contributed by atoms with Crippen molar-refractivity contribution in [2.75, 3.05) is 20.3 Å². The molecule has 0 saturated heterocycles. The van der Waals surface area contributed by atoms with E-state index in [-0.39, 0.29) is 12.3 Å². The molecule has 10 nitrogen and oxygen atoms in total. The van der Waals surface area contributed by atoms with Crippen molar-refractivity contribution in [3.8, 4) is 5.75 Å². The van der Waals surface area contributed by atoms with Crippen molar-refractivity contribution in [3.63, 3.8) is 0 Å². The average molecular weight is 522 g/mol. The molecule has 11 heteroatoms. The molecule has 5 N–H and O–H groups in total. The quantitative estimate of drug-likeness (QED) is 0.243. The molecule has 3 aromatic rings. The third-order valence-corrected chi connectivity index (χ3v) is 6.15.